The van der Waals surface area contributed by atoms with Crippen LogP contribution in [0, 0.1) is 20.8 Å². The first-order valence-corrected chi connectivity index (χ1v) is 13.9. The zero-order valence-electron chi connectivity index (χ0n) is 21.7. The molecule has 1 aromatic heterocycles. The Morgan fingerprint density at radius 1 is 0.974 bits per heavy atom. The molecule has 0 radical (unpaired) electrons. The molecular weight excluding hydrogens is 508 g/mol. The monoisotopic (exact) mass is 540 g/mol. The van der Waals surface area contributed by atoms with E-state index in [1.54, 1.807) is 50.4 Å². The van der Waals surface area contributed by atoms with E-state index in [4.69, 9.17) is 9.15 Å². The molecule has 0 unspecified atom stereocenters. The minimum Gasteiger partial charge on any atom is -0.491 e. The number of benzene rings is 2. The van der Waals surface area contributed by atoms with Gasteiger partial charge in [0.2, 0.25) is 15.9 Å². The second-order valence-corrected chi connectivity index (χ2v) is 11.1. The topological polar surface area (TPSA) is 131 Å². The van der Waals surface area contributed by atoms with Crippen LogP contribution in [-0.4, -0.2) is 62.3 Å². The molecule has 0 aliphatic carbocycles. The van der Waals surface area contributed by atoms with Crippen LogP contribution >= 0.6 is 0 Å². The summed E-state index contributed by atoms with van der Waals surface area (Å²) in [5, 5.41) is 5.60. The fourth-order valence-electron chi connectivity index (χ4n) is 4.21. The van der Waals surface area contributed by atoms with Gasteiger partial charge in [0.15, 0.2) is 11.7 Å². The molecule has 2 aromatic carbocycles. The van der Waals surface area contributed by atoms with Crippen LogP contribution in [-0.2, 0) is 14.8 Å². The van der Waals surface area contributed by atoms with E-state index in [-0.39, 0.29) is 55.9 Å². The maximum Gasteiger partial charge on any atom is 0.255 e. The van der Waals surface area contributed by atoms with E-state index < -0.39 is 10.0 Å². The summed E-state index contributed by atoms with van der Waals surface area (Å²) < 4.78 is 40.3. The normalized spacial score (nSPS) is 16.4. The van der Waals surface area contributed by atoms with Crippen molar-refractivity contribution in [3.8, 4) is 17.1 Å². The van der Waals surface area contributed by atoms with Crippen LogP contribution in [0.4, 0.5) is 0 Å². The Bertz CT molecular complexity index is 1430. The first-order chi connectivity index (χ1) is 18.1. The molecule has 4 rings (SSSR count). The van der Waals surface area contributed by atoms with Crippen molar-refractivity contribution in [1.29, 1.82) is 0 Å². The van der Waals surface area contributed by atoms with E-state index in [9.17, 15) is 18.0 Å². The van der Waals surface area contributed by atoms with Crippen LogP contribution in [0.3, 0.4) is 0 Å². The van der Waals surface area contributed by atoms with E-state index in [0.29, 0.717) is 40.5 Å². The number of sulfonamides is 1. The number of fused-ring (bicyclic) bond motifs is 1. The minimum atomic E-state index is -3.97. The summed E-state index contributed by atoms with van der Waals surface area (Å²) in [6, 6.07) is 10.3. The lowest BCUT2D eigenvalue weighted by molar-refractivity contribution is -0.121. The fraction of sp³-hybridized carbons (Fsp3) is 0.370. The van der Waals surface area contributed by atoms with E-state index >= 15 is 0 Å². The van der Waals surface area contributed by atoms with Gasteiger partial charge in [-0.25, -0.2) is 13.4 Å². The number of carbonyl (C=O) groups excluding carboxylic acids is 2. The molecule has 3 aromatic rings. The highest BCUT2D eigenvalue weighted by Crippen LogP contribution is 2.28. The van der Waals surface area contributed by atoms with Gasteiger partial charge in [-0.2, -0.15) is 4.31 Å². The van der Waals surface area contributed by atoms with E-state index in [1.165, 1.54) is 4.31 Å². The van der Waals surface area contributed by atoms with E-state index in [0.717, 1.165) is 5.56 Å². The number of amides is 2. The zero-order valence-corrected chi connectivity index (χ0v) is 22.6. The van der Waals surface area contributed by atoms with Gasteiger partial charge in [0, 0.05) is 38.5 Å². The number of nitrogens with zero attached hydrogens (tertiary/aromatic N) is 2. The third-order valence-electron chi connectivity index (χ3n) is 6.23. The van der Waals surface area contributed by atoms with Crippen LogP contribution in [0.25, 0.3) is 11.3 Å². The van der Waals surface area contributed by atoms with Crippen LogP contribution in [0.15, 0.2) is 51.9 Å². The van der Waals surface area contributed by atoms with Crippen molar-refractivity contribution in [2.24, 2.45) is 0 Å². The molecule has 2 amide bonds. The third kappa shape index (κ3) is 6.40. The van der Waals surface area contributed by atoms with Crippen molar-refractivity contribution in [2.75, 3.05) is 32.8 Å². The molecule has 2 N–H and O–H groups in total. The Balaban J connectivity index is 1.61. The molecule has 0 spiro atoms. The van der Waals surface area contributed by atoms with Crippen LogP contribution in [0.5, 0.6) is 5.75 Å². The highest BCUT2D eigenvalue weighted by atomic mass is 32.2. The summed E-state index contributed by atoms with van der Waals surface area (Å²) >= 11 is 0. The number of oxazole rings is 1. The van der Waals surface area contributed by atoms with Crippen molar-refractivity contribution >= 4 is 21.8 Å². The Hall–Kier alpha value is -3.70. The largest absolute Gasteiger partial charge is 0.491 e. The quantitative estimate of drug-likeness (QED) is 0.522. The predicted molar refractivity (Wildman–Crippen MR) is 141 cm³/mol. The second kappa shape index (κ2) is 11.8. The Kier molecular flexibility index (Phi) is 8.48. The van der Waals surface area contributed by atoms with Gasteiger partial charge in [0.05, 0.1) is 23.2 Å². The van der Waals surface area contributed by atoms with Gasteiger partial charge < -0.3 is 19.8 Å². The summed E-state index contributed by atoms with van der Waals surface area (Å²) in [5.41, 5.74) is 2.40. The predicted octanol–water partition coefficient (Wildman–Crippen LogP) is 2.98. The molecule has 0 saturated heterocycles. The lowest BCUT2D eigenvalue weighted by Gasteiger charge is -2.23. The van der Waals surface area contributed by atoms with Gasteiger partial charge in [-0.1, -0.05) is 23.8 Å². The molecule has 0 atom stereocenters. The number of aromatic nitrogens is 1. The van der Waals surface area contributed by atoms with Gasteiger partial charge in [-0.05, 0) is 44.0 Å². The highest BCUT2D eigenvalue weighted by molar-refractivity contribution is 7.89. The lowest BCUT2D eigenvalue weighted by Crippen LogP contribution is -2.39. The zero-order chi connectivity index (χ0) is 27.3. The van der Waals surface area contributed by atoms with Crippen molar-refractivity contribution in [3.63, 3.8) is 0 Å². The van der Waals surface area contributed by atoms with Crippen molar-refractivity contribution in [1.82, 2.24) is 19.9 Å². The summed E-state index contributed by atoms with van der Waals surface area (Å²) in [7, 11) is -3.97. The fourth-order valence-corrected chi connectivity index (χ4v) is 5.94. The summed E-state index contributed by atoms with van der Waals surface area (Å²) in [4.78, 5) is 29.5. The van der Waals surface area contributed by atoms with Gasteiger partial charge in [-0.3, -0.25) is 9.59 Å². The number of hydrogen-bond acceptors (Lipinski definition) is 7. The molecule has 202 valence electrons. The van der Waals surface area contributed by atoms with Crippen molar-refractivity contribution < 1.29 is 27.2 Å². The number of hydrogen-bond donors (Lipinski definition) is 2. The maximum atomic E-state index is 13.8. The minimum absolute atomic E-state index is 0.0305. The molecular formula is C27H32N4O6S. The van der Waals surface area contributed by atoms with Crippen molar-refractivity contribution in [3.05, 3.63) is 65.2 Å². The van der Waals surface area contributed by atoms with Gasteiger partial charge >= 0.3 is 0 Å². The van der Waals surface area contributed by atoms with E-state index in [2.05, 4.69) is 15.6 Å². The summed E-state index contributed by atoms with van der Waals surface area (Å²) in [5.74, 6) is 0.788. The molecule has 1 aliphatic rings. The first-order valence-electron chi connectivity index (χ1n) is 12.5. The number of aryl methyl sites for hydroxylation is 3. The molecule has 0 fully saturated rings. The van der Waals surface area contributed by atoms with Crippen LogP contribution in [0.1, 0.15) is 40.2 Å². The average Bonchev–Trinajstić information content (AvgIpc) is 3.31. The second-order valence-electron chi connectivity index (χ2n) is 9.19. The van der Waals surface area contributed by atoms with Gasteiger partial charge in [-0.15, -0.1) is 0 Å². The lowest BCUT2D eigenvalue weighted by atomic mass is 10.1. The maximum absolute atomic E-state index is 13.8. The number of ether oxygens (including phenoxy) is 1. The van der Waals surface area contributed by atoms with E-state index in [1.807, 2.05) is 13.0 Å². The molecule has 1 aliphatic heterocycles. The number of carbonyl (C=O) groups is 2. The molecule has 38 heavy (non-hydrogen) atoms. The van der Waals surface area contributed by atoms with Crippen LogP contribution < -0.4 is 15.4 Å². The third-order valence-corrected chi connectivity index (χ3v) is 8.27. The van der Waals surface area contributed by atoms with Gasteiger partial charge in [0.25, 0.3) is 5.91 Å². The van der Waals surface area contributed by atoms with Crippen LogP contribution in [0.2, 0.25) is 0 Å². The van der Waals surface area contributed by atoms with Crippen molar-refractivity contribution in [2.45, 2.75) is 38.5 Å². The highest BCUT2D eigenvalue weighted by Gasteiger charge is 2.27. The Morgan fingerprint density at radius 2 is 1.79 bits per heavy atom. The first kappa shape index (κ1) is 27.3. The molecule has 0 saturated carbocycles. The van der Waals surface area contributed by atoms with Gasteiger partial charge in [0.1, 0.15) is 12.4 Å². The molecule has 0 bridgehead atoms. The smallest absolute Gasteiger partial charge is 0.255 e. The molecule has 2 heterocycles. The SMILES string of the molecule is Cc1ccc2c(c1)C(=O)NCCN(S(=O)(=O)c1cc(-c3cnc(C)o3)ccc1C)CCCC(=O)NCCO2. The molecule has 10 nitrogen and oxygen atoms in total. The number of nitrogens with one attached hydrogen (secondary N) is 2. The standard InChI is InChI=1S/C27H32N4O6S/c1-18-6-9-23-22(15-18)27(33)29-10-13-31(12-4-5-26(32)28-11-14-36-23)38(34,35)25-16-21(8-7-19(25)2)24-17-30-20(3)37-24/h6-9,15-17H,4-5,10-14H2,1-3H3,(H,28,32)(H,29,33). The summed E-state index contributed by atoms with van der Waals surface area (Å²) in [6.07, 6.45) is 2.03. The average molecular weight is 541 g/mol. The molecule has 11 heteroatoms. The Morgan fingerprint density at radius 3 is 2.55 bits per heavy atom. The number of rotatable bonds is 3. The summed E-state index contributed by atoms with van der Waals surface area (Å²) in [6.45, 7) is 6.01. The Labute approximate surface area is 222 Å².